The van der Waals surface area contributed by atoms with Crippen LogP contribution in [0.5, 0.6) is 0 Å². The fourth-order valence-corrected chi connectivity index (χ4v) is 6.28. The van der Waals surface area contributed by atoms with Crippen LogP contribution in [0.3, 0.4) is 0 Å². The van der Waals surface area contributed by atoms with Gasteiger partial charge >= 0.3 is 138 Å². The molecule has 2 rings (SSSR count). The van der Waals surface area contributed by atoms with E-state index in [4.69, 9.17) is 0 Å². The predicted octanol–water partition coefficient (Wildman–Crippen LogP) is 5.99. The fourth-order valence-electron chi connectivity index (χ4n) is 3.97. The third-order valence-electron chi connectivity index (χ3n) is 6.57. The normalized spacial score (nSPS) is 24.5. The summed E-state index contributed by atoms with van der Waals surface area (Å²) in [6.07, 6.45) is 0. The minimum atomic E-state index is 0.216. The van der Waals surface area contributed by atoms with E-state index in [0.29, 0.717) is 0 Å². The summed E-state index contributed by atoms with van der Waals surface area (Å²) in [6, 6.07) is 0. The first-order chi connectivity index (χ1) is 9.44. The van der Waals surface area contributed by atoms with Gasteiger partial charge in [-0.25, -0.2) is 0 Å². The second-order valence-corrected chi connectivity index (χ2v) is 9.42. The summed E-state index contributed by atoms with van der Waals surface area (Å²) in [5, 5.41) is 0. The molecule has 1 heteroatoms. The molecule has 0 saturated carbocycles. The molecular formula is C20H30Al+. The third-order valence-corrected chi connectivity index (χ3v) is 9.46. The number of allylic oxidation sites excluding steroid dienone is 8. The molecule has 0 heterocycles. The Morgan fingerprint density at radius 3 is 1.00 bits per heavy atom. The topological polar surface area (TPSA) is 0 Å². The van der Waals surface area contributed by atoms with E-state index >= 15 is 0 Å². The van der Waals surface area contributed by atoms with Gasteiger partial charge in [0, 0.05) is 0 Å². The summed E-state index contributed by atoms with van der Waals surface area (Å²) in [6.45, 7) is 23.6. The summed E-state index contributed by atoms with van der Waals surface area (Å²) < 4.78 is 3.42. The second kappa shape index (κ2) is 5.01. The maximum atomic E-state index is 2.41. The van der Waals surface area contributed by atoms with Crippen molar-refractivity contribution in [1.82, 2.24) is 0 Å². The van der Waals surface area contributed by atoms with E-state index in [0.717, 1.165) is 0 Å². The SMILES string of the molecule is CC1=C(C)C(C)(C)[C]([Al+][C]2=C(C)C(C)=C(C)C2(C)C)=C1C. The zero-order valence-corrected chi connectivity index (χ0v) is 16.7. The van der Waals surface area contributed by atoms with E-state index in [1.54, 1.807) is 31.2 Å². The molecule has 0 radical (unpaired) electrons. The Kier molecular flexibility index (Phi) is 4.02. The molecule has 0 nitrogen and oxygen atoms in total. The molecule has 112 valence electrons. The molecule has 0 unspecified atom stereocenters. The van der Waals surface area contributed by atoms with Crippen molar-refractivity contribution in [2.45, 2.75) is 69.2 Å². The molecule has 0 aliphatic heterocycles. The molecule has 0 amide bonds. The van der Waals surface area contributed by atoms with Crippen molar-refractivity contribution >= 4 is 15.2 Å². The maximum absolute atomic E-state index is 2.41. The van der Waals surface area contributed by atoms with Crippen molar-refractivity contribution in [3.05, 3.63) is 42.3 Å². The molecule has 2 aliphatic carbocycles. The van der Waals surface area contributed by atoms with Crippen LogP contribution in [0.1, 0.15) is 69.2 Å². The second-order valence-electron chi connectivity index (χ2n) is 7.97. The molecule has 0 atom stereocenters. The first kappa shape index (κ1) is 16.9. The van der Waals surface area contributed by atoms with Crippen LogP contribution in [0.25, 0.3) is 0 Å². The van der Waals surface area contributed by atoms with Gasteiger partial charge in [-0.05, 0) is 0 Å². The molecule has 0 fully saturated rings. The molecule has 0 saturated heterocycles. The Hall–Kier alpha value is -0.508. The van der Waals surface area contributed by atoms with Crippen LogP contribution in [-0.2, 0) is 0 Å². The third kappa shape index (κ3) is 2.25. The Balaban J connectivity index is 2.47. The Morgan fingerprint density at radius 1 is 0.524 bits per heavy atom. The molecule has 0 aromatic carbocycles. The van der Waals surface area contributed by atoms with Gasteiger partial charge in [-0.15, -0.1) is 0 Å². The van der Waals surface area contributed by atoms with E-state index in [2.05, 4.69) is 69.2 Å². The van der Waals surface area contributed by atoms with Crippen LogP contribution in [0.2, 0.25) is 0 Å². The van der Waals surface area contributed by atoms with Crippen LogP contribution < -0.4 is 0 Å². The van der Waals surface area contributed by atoms with Gasteiger partial charge in [0.05, 0.1) is 0 Å². The first-order valence-corrected chi connectivity index (χ1v) is 9.23. The summed E-state index contributed by atoms with van der Waals surface area (Å²) in [5.41, 5.74) is 9.80. The van der Waals surface area contributed by atoms with Crippen molar-refractivity contribution in [3.63, 3.8) is 0 Å². The molecule has 0 spiro atoms. The number of rotatable bonds is 2. The van der Waals surface area contributed by atoms with Gasteiger partial charge < -0.3 is 0 Å². The summed E-state index contributed by atoms with van der Waals surface area (Å²) in [7, 11) is 0. The molecule has 0 N–H and O–H groups in total. The molecule has 21 heavy (non-hydrogen) atoms. The van der Waals surface area contributed by atoms with E-state index < -0.39 is 0 Å². The number of hydrogen-bond donors (Lipinski definition) is 0. The van der Waals surface area contributed by atoms with Gasteiger partial charge in [-0.2, -0.15) is 0 Å². The quantitative estimate of drug-likeness (QED) is 0.549. The Labute approximate surface area is 137 Å². The number of hydrogen-bond acceptors (Lipinski definition) is 0. The monoisotopic (exact) mass is 297 g/mol. The van der Waals surface area contributed by atoms with Gasteiger partial charge in [0.1, 0.15) is 0 Å². The van der Waals surface area contributed by atoms with Crippen LogP contribution in [-0.4, -0.2) is 15.2 Å². The predicted molar refractivity (Wildman–Crippen MR) is 95.5 cm³/mol. The molecule has 0 aromatic rings. The summed E-state index contributed by atoms with van der Waals surface area (Å²) >= 11 is 0.216. The van der Waals surface area contributed by atoms with E-state index in [9.17, 15) is 0 Å². The average Bonchev–Trinajstić information content (AvgIpc) is 2.63. The van der Waals surface area contributed by atoms with Crippen LogP contribution in [0, 0.1) is 10.8 Å². The first-order valence-electron chi connectivity index (χ1n) is 8.08. The zero-order valence-electron chi connectivity index (χ0n) is 15.6. The summed E-state index contributed by atoms with van der Waals surface area (Å²) in [5.74, 6) is 0. The minimum absolute atomic E-state index is 0.216. The molecular weight excluding hydrogens is 267 g/mol. The van der Waals surface area contributed by atoms with Crippen LogP contribution in [0.15, 0.2) is 42.3 Å². The van der Waals surface area contributed by atoms with Crippen LogP contribution >= 0.6 is 0 Å². The van der Waals surface area contributed by atoms with Gasteiger partial charge in [0.15, 0.2) is 0 Å². The average molecular weight is 297 g/mol. The fraction of sp³-hybridized carbons (Fsp3) is 0.600. The van der Waals surface area contributed by atoms with Gasteiger partial charge in [0.25, 0.3) is 0 Å². The van der Waals surface area contributed by atoms with Gasteiger partial charge in [-0.1, -0.05) is 0 Å². The van der Waals surface area contributed by atoms with E-state index in [1.165, 1.54) is 11.1 Å². The van der Waals surface area contributed by atoms with Crippen molar-refractivity contribution < 1.29 is 0 Å². The van der Waals surface area contributed by atoms with Gasteiger partial charge in [0.2, 0.25) is 0 Å². The van der Waals surface area contributed by atoms with Crippen molar-refractivity contribution in [1.29, 1.82) is 0 Å². The summed E-state index contributed by atoms with van der Waals surface area (Å²) in [4.78, 5) is 0. The molecule has 0 aromatic heterocycles. The standard InChI is InChI=1S/2C10H15.Al/c2*1-7-6-10(4,5)9(3)8(7)2;/h2*1-5H3;/q;;+1. The Morgan fingerprint density at radius 2 is 0.810 bits per heavy atom. The molecule has 0 bridgehead atoms. The Bertz CT molecular complexity index is 575. The van der Waals surface area contributed by atoms with Crippen molar-refractivity contribution in [2.75, 3.05) is 0 Å². The van der Waals surface area contributed by atoms with Crippen molar-refractivity contribution in [3.8, 4) is 0 Å². The van der Waals surface area contributed by atoms with E-state index in [-0.39, 0.29) is 26.0 Å². The van der Waals surface area contributed by atoms with Gasteiger partial charge in [-0.3, -0.25) is 0 Å². The molecule has 2 aliphatic rings. The van der Waals surface area contributed by atoms with Crippen molar-refractivity contribution in [2.24, 2.45) is 10.8 Å². The van der Waals surface area contributed by atoms with Crippen LogP contribution in [0.4, 0.5) is 0 Å². The van der Waals surface area contributed by atoms with E-state index in [1.807, 2.05) is 0 Å². The zero-order chi connectivity index (χ0) is 16.3.